The molecule has 0 saturated carbocycles. The van der Waals surface area contributed by atoms with Gasteiger partial charge in [0.1, 0.15) is 0 Å². The third-order valence-electron chi connectivity index (χ3n) is 3.34. The van der Waals surface area contributed by atoms with Crippen molar-refractivity contribution in [2.75, 3.05) is 13.2 Å². The normalized spacial score (nSPS) is 23.2. The minimum absolute atomic E-state index is 0.334. The molecule has 2 rings (SSSR count). The highest BCUT2D eigenvalue weighted by atomic mass is 32.1. The first-order valence-corrected chi connectivity index (χ1v) is 7.10. The van der Waals surface area contributed by atoms with Crippen LogP contribution < -0.4 is 5.73 Å². The first-order valence-electron chi connectivity index (χ1n) is 6.22. The van der Waals surface area contributed by atoms with Gasteiger partial charge in [0.15, 0.2) is 0 Å². The third-order valence-corrected chi connectivity index (χ3v) is 4.28. The van der Waals surface area contributed by atoms with E-state index in [4.69, 9.17) is 10.5 Å². The van der Waals surface area contributed by atoms with Crippen molar-refractivity contribution in [1.29, 1.82) is 0 Å². The zero-order valence-electron chi connectivity index (χ0n) is 9.73. The van der Waals surface area contributed by atoms with E-state index in [2.05, 4.69) is 17.5 Å². The molecule has 1 aromatic rings. The SMILES string of the molecule is NC(CCCc1cccs1)C1CCCOC1. The lowest BCUT2D eigenvalue weighted by atomic mass is 9.91. The third kappa shape index (κ3) is 3.58. The summed E-state index contributed by atoms with van der Waals surface area (Å²) < 4.78 is 5.48. The highest BCUT2D eigenvalue weighted by Gasteiger charge is 2.20. The molecule has 1 aliphatic heterocycles. The summed E-state index contributed by atoms with van der Waals surface area (Å²) in [5.41, 5.74) is 6.21. The van der Waals surface area contributed by atoms with Gasteiger partial charge in [-0.25, -0.2) is 0 Å². The number of rotatable bonds is 5. The number of hydrogen-bond donors (Lipinski definition) is 1. The summed E-state index contributed by atoms with van der Waals surface area (Å²) in [6, 6.07) is 4.66. The van der Waals surface area contributed by atoms with E-state index < -0.39 is 0 Å². The largest absolute Gasteiger partial charge is 0.381 e. The van der Waals surface area contributed by atoms with Crippen molar-refractivity contribution in [2.45, 2.75) is 38.1 Å². The summed E-state index contributed by atoms with van der Waals surface area (Å²) >= 11 is 1.84. The van der Waals surface area contributed by atoms with Gasteiger partial charge in [-0.05, 0) is 49.5 Å². The Kier molecular flexibility index (Phi) is 4.82. The zero-order chi connectivity index (χ0) is 11.2. The molecule has 1 saturated heterocycles. The summed E-state index contributed by atoms with van der Waals surface area (Å²) in [6.45, 7) is 1.80. The summed E-state index contributed by atoms with van der Waals surface area (Å²) in [6.07, 6.45) is 5.95. The topological polar surface area (TPSA) is 35.2 Å². The van der Waals surface area contributed by atoms with Crippen LogP contribution in [0.25, 0.3) is 0 Å². The Bertz CT molecular complexity index is 280. The van der Waals surface area contributed by atoms with Crippen molar-refractivity contribution >= 4 is 11.3 Å². The number of thiophene rings is 1. The monoisotopic (exact) mass is 239 g/mol. The molecule has 0 aliphatic carbocycles. The van der Waals surface area contributed by atoms with Gasteiger partial charge < -0.3 is 10.5 Å². The van der Waals surface area contributed by atoms with E-state index in [9.17, 15) is 0 Å². The molecule has 0 aromatic carbocycles. The van der Waals surface area contributed by atoms with Crippen molar-refractivity contribution in [3.8, 4) is 0 Å². The number of hydrogen-bond acceptors (Lipinski definition) is 3. The fourth-order valence-corrected chi connectivity index (χ4v) is 3.06. The van der Waals surface area contributed by atoms with Gasteiger partial charge in [-0.15, -0.1) is 11.3 Å². The zero-order valence-corrected chi connectivity index (χ0v) is 10.5. The number of ether oxygens (including phenoxy) is 1. The van der Waals surface area contributed by atoms with E-state index in [1.807, 2.05) is 11.3 Å². The van der Waals surface area contributed by atoms with Gasteiger partial charge in [0, 0.05) is 17.5 Å². The van der Waals surface area contributed by atoms with Crippen molar-refractivity contribution in [1.82, 2.24) is 0 Å². The molecule has 2 atom stereocenters. The molecule has 90 valence electrons. The van der Waals surface area contributed by atoms with E-state index in [1.165, 1.54) is 30.6 Å². The summed E-state index contributed by atoms with van der Waals surface area (Å²) in [4.78, 5) is 1.48. The molecule has 2 heterocycles. The van der Waals surface area contributed by atoms with Crippen LogP contribution in [0.15, 0.2) is 17.5 Å². The molecule has 0 amide bonds. The average Bonchev–Trinajstić information content (AvgIpc) is 2.83. The van der Waals surface area contributed by atoms with Gasteiger partial charge >= 0.3 is 0 Å². The highest BCUT2D eigenvalue weighted by molar-refractivity contribution is 7.09. The van der Waals surface area contributed by atoms with Gasteiger partial charge in [0.2, 0.25) is 0 Å². The van der Waals surface area contributed by atoms with Gasteiger partial charge in [-0.1, -0.05) is 6.07 Å². The van der Waals surface area contributed by atoms with Crippen LogP contribution in [0, 0.1) is 5.92 Å². The van der Waals surface area contributed by atoms with Crippen LogP contribution in [0.5, 0.6) is 0 Å². The lowest BCUT2D eigenvalue weighted by molar-refractivity contribution is 0.0436. The van der Waals surface area contributed by atoms with Gasteiger partial charge in [0.25, 0.3) is 0 Å². The molecule has 16 heavy (non-hydrogen) atoms. The van der Waals surface area contributed by atoms with E-state index in [-0.39, 0.29) is 0 Å². The number of aryl methyl sites for hydroxylation is 1. The van der Waals surface area contributed by atoms with Gasteiger partial charge in [0.05, 0.1) is 6.61 Å². The first kappa shape index (κ1) is 12.1. The molecule has 2 N–H and O–H groups in total. The Labute approximate surface area is 102 Å². The molecule has 2 nitrogen and oxygen atoms in total. The van der Waals surface area contributed by atoms with Crippen LogP contribution in [0.2, 0.25) is 0 Å². The van der Waals surface area contributed by atoms with Crippen LogP contribution >= 0.6 is 11.3 Å². The van der Waals surface area contributed by atoms with Crippen molar-refractivity contribution in [3.63, 3.8) is 0 Å². The van der Waals surface area contributed by atoms with E-state index in [0.29, 0.717) is 12.0 Å². The molecule has 1 fully saturated rings. The molecular formula is C13H21NOS. The Morgan fingerprint density at radius 1 is 1.56 bits per heavy atom. The van der Waals surface area contributed by atoms with Crippen LogP contribution in [-0.2, 0) is 11.2 Å². The first-order chi connectivity index (χ1) is 7.86. The smallest absolute Gasteiger partial charge is 0.0509 e. The van der Waals surface area contributed by atoms with Crippen molar-refractivity contribution < 1.29 is 4.74 Å². The fraction of sp³-hybridized carbons (Fsp3) is 0.692. The van der Waals surface area contributed by atoms with Crippen LogP contribution in [-0.4, -0.2) is 19.3 Å². The molecular weight excluding hydrogens is 218 g/mol. The second-order valence-electron chi connectivity index (χ2n) is 4.61. The molecule has 1 aliphatic rings. The summed E-state index contributed by atoms with van der Waals surface area (Å²) in [7, 11) is 0. The predicted octanol–water partition coefficient (Wildman–Crippen LogP) is 2.82. The van der Waals surface area contributed by atoms with Crippen LogP contribution in [0.4, 0.5) is 0 Å². The maximum atomic E-state index is 6.21. The maximum Gasteiger partial charge on any atom is 0.0509 e. The predicted molar refractivity (Wildman–Crippen MR) is 68.8 cm³/mol. The standard InChI is InChI=1S/C13H21NOS/c14-13(11-4-2-8-15-10-11)7-1-5-12-6-3-9-16-12/h3,6,9,11,13H,1-2,4-5,7-8,10,14H2. The second-order valence-corrected chi connectivity index (χ2v) is 5.64. The molecule has 0 bridgehead atoms. The number of nitrogens with two attached hydrogens (primary N) is 1. The van der Waals surface area contributed by atoms with Gasteiger partial charge in [-0.3, -0.25) is 0 Å². The lowest BCUT2D eigenvalue weighted by Gasteiger charge is -2.27. The summed E-state index contributed by atoms with van der Waals surface area (Å²) in [5.74, 6) is 0.595. The molecule has 0 radical (unpaired) electrons. The highest BCUT2D eigenvalue weighted by Crippen LogP contribution is 2.20. The van der Waals surface area contributed by atoms with E-state index in [0.717, 1.165) is 19.6 Å². The Morgan fingerprint density at radius 3 is 3.19 bits per heavy atom. The fourth-order valence-electron chi connectivity index (χ4n) is 2.31. The minimum atomic E-state index is 0.334. The maximum absolute atomic E-state index is 6.21. The summed E-state index contributed by atoms with van der Waals surface area (Å²) in [5, 5.41) is 2.14. The van der Waals surface area contributed by atoms with Crippen LogP contribution in [0.1, 0.15) is 30.6 Å². The van der Waals surface area contributed by atoms with E-state index in [1.54, 1.807) is 0 Å². The van der Waals surface area contributed by atoms with Gasteiger partial charge in [-0.2, -0.15) is 0 Å². The Morgan fingerprint density at radius 2 is 2.50 bits per heavy atom. The Balaban J connectivity index is 1.65. The average molecular weight is 239 g/mol. The molecule has 2 unspecified atom stereocenters. The molecule has 0 spiro atoms. The second kappa shape index (κ2) is 6.38. The molecule has 1 aromatic heterocycles. The quantitative estimate of drug-likeness (QED) is 0.857. The van der Waals surface area contributed by atoms with E-state index >= 15 is 0 Å². The molecule has 3 heteroatoms. The van der Waals surface area contributed by atoms with Crippen molar-refractivity contribution in [3.05, 3.63) is 22.4 Å². The Hall–Kier alpha value is -0.380. The minimum Gasteiger partial charge on any atom is -0.381 e. The van der Waals surface area contributed by atoms with Crippen LogP contribution in [0.3, 0.4) is 0 Å². The van der Waals surface area contributed by atoms with Crippen molar-refractivity contribution in [2.24, 2.45) is 11.7 Å². The lowest BCUT2D eigenvalue weighted by Crippen LogP contribution is -2.35.